The molecule has 4 atom stereocenters. The van der Waals surface area contributed by atoms with Crippen molar-refractivity contribution in [2.45, 2.75) is 38.4 Å². The molecule has 0 amide bonds. The van der Waals surface area contributed by atoms with Gasteiger partial charge in [-0.3, -0.25) is 9.36 Å². The highest BCUT2D eigenvalue weighted by molar-refractivity contribution is 5.84. The molecule has 0 saturated carbocycles. The average Bonchev–Trinajstić information content (AvgIpc) is 3.25. The third-order valence-corrected chi connectivity index (χ3v) is 4.82. The van der Waals surface area contributed by atoms with Crippen LogP contribution in [0.3, 0.4) is 0 Å². The number of aryl methyl sites for hydroxylation is 1. The van der Waals surface area contributed by atoms with Gasteiger partial charge in [-0.05, 0) is 19.4 Å². The maximum atomic E-state index is 11.7. The molecule has 1 saturated heterocycles. The molecule has 0 spiro atoms. The Hall–Kier alpha value is -3.41. The zero-order valence-corrected chi connectivity index (χ0v) is 16.3. The largest absolute Gasteiger partial charge is 0.387 e. The normalized spacial score (nSPS) is 24.0. The molecule has 156 valence electrons. The molecular formula is C19H21N7O4. The Balaban J connectivity index is 1.61. The van der Waals surface area contributed by atoms with Crippen LogP contribution >= 0.6 is 0 Å². The molecule has 2 aromatic heterocycles. The topological polar surface area (TPSA) is 161 Å². The van der Waals surface area contributed by atoms with E-state index >= 15 is 0 Å². The fourth-order valence-corrected chi connectivity index (χ4v) is 3.22. The lowest BCUT2D eigenvalue weighted by atomic mass is 10.1. The summed E-state index contributed by atoms with van der Waals surface area (Å²) >= 11 is 0. The number of benzene rings is 1. The van der Waals surface area contributed by atoms with Gasteiger partial charge in [0.25, 0.3) is 0 Å². The van der Waals surface area contributed by atoms with Gasteiger partial charge in [0, 0.05) is 0 Å². The zero-order valence-electron chi connectivity index (χ0n) is 16.3. The van der Waals surface area contributed by atoms with Gasteiger partial charge in [-0.2, -0.15) is 15.1 Å². The number of hydrazone groups is 1. The molecule has 1 aliphatic rings. The number of rotatable bonds is 5. The monoisotopic (exact) mass is 411 g/mol. The molecule has 30 heavy (non-hydrogen) atoms. The summed E-state index contributed by atoms with van der Waals surface area (Å²) in [6.45, 7) is 3.28. The molecule has 3 heterocycles. The van der Waals surface area contributed by atoms with Gasteiger partial charge in [-0.15, -0.1) is 0 Å². The number of carbonyl (C=O) groups is 1. The number of imidazole rings is 1. The van der Waals surface area contributed by atoms with Crippen molar-refractivity contribution in [2.75, 3.05) is 11.2 Å². The van der Waals surface area contributed by atoms with Gasteiger partial charge in [0.1, 0.15) is 23.8 Å². The van der Waals surface area contributed by atoms with Crippen LogP contribution in [0.4, 0.5) is 11.8 Å². The molecule has 11 heteroatoms. The number of fused-ring (bicyclic) bond motifs is 1. The minimum Gasteiger partial charge on any atom is -0.387 e. The lowest BCUT2D eigenvalue weighted by Gasteiger charge is -2.16. The fourth-order valence-electron chi connectivity index (χ4n) is 3.22. The van der Waals surface area contributed by atoms with Gasteiger partial charge in [0.2, 0.25) is 5.95 Å². The summed E-state index contributed by atoms with van der Waals surface area (Å²) in [6, 6.07) is 7.78. The first-order valence-corrected chi connectivity index (χ1v) is 9.23. The van der Waals surface area contributed by atoms with E-state index in [1.807, 2.05) is 31.2 Å². The Morgan fingerprint density at radius 1 is 1.27 bits per heavy atom. The molecule has 0 radical (unpaired) electrons. The van der Waals surface area contributed by atoms with E-state index in [1.54, 1.807) is 6.21 Å². The molecule has 0 bridgehead atoms. The first-order chi connectivity index (χ1) is 14.3. The molecule has 3 aromatic rings. The molecule has 5 N–H and O–H groups in total. The van der Waals surface area contributed by atoms with Crippen LogP contribution in [0.25, 0.3) is 11.2 Å². The molecule has 11 nitrogen and oxygen atoms in total. The summed E-state index contributed by atoms with van der Waals surface area (Å²) in [6.07, 6.45) is -1.93. The second-order valence-corrected chi connectivity index (χ2v) is 7.08. The number of carbonyl (C=O) groups excluding carboxylic acids is 1. The van der Waals surface area contributed by atoms with E-state index in [-0.39, 0.29) is 17.4 Å². The lowest BCUT2D eigenvalue weighted by Crippen LogP contribution is -2.34. The molecule has 1 aliphatic heterocycles. The molecule has 0 unspecified atom stereocenters. The van der Waals surface area contributed by atoms with E-state index < -0.39 is 30.3 Å². The number of anilines is 2. The number of nitrogen functional groups attached to an aromatic ring is 1. The van der Waals surface area contributed by atoms with E-state index in [0.717, 1.165) is 11.1 Å². The number of Topliss-reactive ketones (excluding diaryl/α,β-unsaturated/α-hetero) is 1. The summed E-state index contributed by atoms with van der Waals surface area (Å²) in [7, 11) is 0. The van der Waals surface area contributed by atoms with Gasteiger partial charge in [-0.1, -0.05) is 29.8 Å². The Morgan fingerprint density at radius 2 is 2.00 bits per heavy atom. The second-order valence-electron chi connectivity index (χ2n) is 7.08. The molecule has 4 rings (SSSR count). The number of hydrogen-bond donors (Lipinski definition) is 4. The highest BCUT2D eigenvalue weighted by atomic mass is 16.6. The van der Waals surface area contributed by atoms with E-state index in [4.69, 9.17) is 10.5 Å². The van der Waals surface area contributed by atoms with Crippen molar-refractivity contribution in [3.8, 4) is 0 Å². The van der Waals surface area contributed by atoms with E-state index in [9.17, 15) is 15.0 Å². The summed E-state index contributed by atoms with van der Waals surface area (Å²) in [5, 5.41) is 24.6. The van der Waals surface area contributed by atoms with Crippen LogP contribution in [0.2, 0.25) is 0 Å². The SMILES string of the molecule is CC(=O)[C@H]1O[C@@H](n2cnc3c(N)nc(N/N=C/c4ccc(C)cc4)nc32)[C@H](O)[C@@H]1O. The number of nitrogens with two attached hydrogens (primary N) is 1. The van der Waals surface area contributed by atoms with Crippen LogP contribution in [-0.2, 0) is 9.53 Å². The third kappa shape index (κ3) is 3.61. The first kappa shape index (κ1) is 19.9. The highest BCUT2D eigenvalue weighted by Gasteiger charge is 2.46. The van der Waals surface area contributed by atoms with Crippen LogP contribution in [-0.4, -0.2) is 60.0 Å². The Labute approximate surface area is 171 Å². The van der Waals surface area contributed by atoms with Crippen molar-refractivity contribution >= 4 is 34.9 Å². The van der Waals surface area contributed by atoms with Gasteiger partial charge in [-0.25, -0.2) is 10.4 Å². The van der Waals surface area contributed by atoms with E-state index in [1.165, 1.54) is 17.8 Å². The highest BCUT2D eigenvalue weighted by Crippen LogP contribution is 2.32. The zero-order chi connectivity index (χ0) is 21.4. The summed E-state index contributed by atoms with van der Waals surface area (Å²) < 4.78 is 6.95. The predicted molar refractivity (Wildman–Crippen MR) is 109 cm³/mol. The van der Waals surface area contributed by atoms with Crippen molar-refractivity contribution in [2.24, 2.45) is 5.10 Å². The number of aliphatic hydroxyl groups excluding tert-OH is 2. The molecule has 1 fully saturated rings. The first-order valence-electron chi connectivity index (χ1n) is 9.23. The number of nitrogens with one attached hydrogen (secondary N) is 1. The van der Waals surface area contributed by atoms with Crippen LogP contribution in [0.5, 0.6) is 0 Å². The Kier molecular flexibility index (Phi) is 5.16. The van der Waals surface area contributed by atoms with Crippen molar-refractivity contribution in [1.82, 2.24) is 19.5 Å². The maximum Gasteiger partial charge on any atom is 0.247 e. The molecule has 0 aliphatic carbocycles. The van der Waals surface area contributed by atoms with Crippen LogP contribution in [0.15, 0.2) is 35.7 Å². The van der Waals surface area contributed by atoms with Crippen molar-refractivity contribution in [1.29, 1.82) is 0 Å². The summed E-state index contributed by atoms with van der Waals surface area (Å²) in [5.74, 6) is -0.181. The standard InChI is InChI=1S/C19H21N7O4/c1-9-3-5-11(6-4-9)7-22-25-19-23-16(20)12-17(24-19)26(8-21-12)18-14(29)13(28)15(30-18)10(2)27/h3-8,13-15,18,28-29H,1-2H3,(H3,20,23,24,25)/b22-7+/t13-,14+,15+,18+/m0/s1. The Morgan fingerprint density at radius 3 is 2.67 bits per heavy atom. The fraction of sp³-hybridized carbons (Fsp3) is 0.316. The van der Waals surface area contributed by atoms with E-state index in [0.29, 0.717) is 5.52 Å². The number of hydrogen-bond acceptors (Lipinski definition) is 10. The van der Waals surface area contributed by atoms with Crippen molar-refractivity contribution in [3.63, 3.8) is 0 Å². The number of nitrogens with zero attached hydrogens (tertiary/aromatic N) is 5. The minimum atomic E-state index is -1.36. The molecular weight excluding hydrogens is 390 g/mol. The van der Waals surface area contributed by atoms with E-state index in [2.05, 4.69) is 25.5 Å². The van der Waals surface area contributed by atoms with Crippen molar-refractivity contribution in [3.05, 3.63) is 41.7 Å². The minimum absolute atomic E-state index is 0.0999. The number of ether oxygens (including phenoxy) is 1. The van der Waals surface area contributed by atoms with Gasteiger partial charge < -0.3 is 20.7 Å². The van der Waals surface area contributed by atoms with Gasteiger partial charge >= 0.3 is 0 Å². The van der Waals surface area contributed by atoms with Gasteiger partial charge in [0.15, 0.2) is 23.5 Å². The number of ketones is 1. The Bertz CT molecular complexity index is 1110. The average molecular weight is 411 g/mol. The smallest absolute Gasteiger partial charge is 0.247 e. The molecule has 1 aromatic carbocycles. The number of aliphatic hydroxyl groups is 2. The van der Waals surface area contributed by atoms with Crippen molar-refractivity contribution < 1.29 is 19.7 Å². The third-order valence-electron chi connectivity index (χ3n) is 4.82. The van der Waals surface area contributed by atoms with Crippen LogP contribution in [0.1, 0.15) is 24.3 Å². The summed E-state index contributed by atoms with van der Waals surface area (Å²) in [5.41, 5.74) is 11.3. The van der Waals surface area contributed by atoms with Crippen LogP contribution in [0, 0.1) is 6.92 Å². The van der Waals surface area contributed by atoms with Crippen LogP contribution < -0.4 is 11.2 Å². The van der Waals surface area contributed by atoms with Gasteiger partial charge in [0.05, 0.1) is 12.5 Å². The summed E-state index contributed by atoms with van der Waals surface area (Å²) in [4.78, 5) is 24.3. The quantitative estimate of drug-likeness (QED) is 0.343. The lowest BCUT2D eigenvalue weighted by molar-refractivity contribution is -0.133. The second kappa shape index (κ2) is 7.78. The number of aromatic nitrogens is 4. The predicted octanol–water partition coefficient (Wildman–Crippen LogP) is 0.371. The maximum absolute atomic E-state index is 11.7.